The Bertz CT molecular complexity index is 699. The summed E-state index contributed by atoms with van der Waals surface area (Å²) in [6.45, 7) is 5.72. The van der Waals surface area contributed by atoms with Crippen molar-refractivity contribution in [2.24, 2.45) is 0 Å². The monoisotopic (exact) mass is 330 g/mol. The highest BCUT2D eigenvalue weighted by atomic mass is 16.5. The predicted molar refractivity (Wildman–Crippen MR) is 89.7 cm³/mol. The van der Waals surface area contributed by atoms with E-state index in [2.05, 4.69) is 15.5 Å². The first-order chi connectivity index (χ1) is 11.7. The SMILES string of the molecule is CCO[C@H]1CCCN(C(=O)Nc2ccccc2-c2nnc(C)o2)C1. The molecule has 0 saturated carbocycles. The van der Waals surface area contributed by atoms with Gasteiger partial charge in [0.2, 0.25) is 11.8 Å². The highest BCUT2D eigenvalue weighted by molar-refractivity contribution is 5.93. The van der Waals surface area contributed by atoms with E-state index in [1.165, 1.54) is 0 Å². The van der Waals surface area contributed by atoms with Crippen LogP contribution in [0.4, 0.5) is 10.5 Å². The lowest BCUT2D eigenvalue weighted by Gasteiger charge is -2.32. The molecule has 1 atom stereocenters. The molecule has 1 aromatic heterocycles. The van der Waals surface area contributed by atoms with Crippen molar-refractivity contribution in [2.45, 2.75) is 32.8 Å². The Hall–Kier alpha value is -2.41. The fourth-order valence-electron chi connectivity index (χ4n) is 2.87. The number of carbonyl (C=O) groups excluding carboxylic acids is 1. The Morgan fingerprint density at radius 3 is 3.00 bits per heavy atom. The molecule has 3 rings (SSSR count). The number of anilines is 1. The van der Waals surface area contributed by atoms with Crippen molar-refractivity contribution >= 4 is 11.7 Å². The number of urea groups is 1. The molecule has 0 radical (unpaired) electrons. The molecular weight excluding hydrogens is 308 g/mol. The molecule has 2 aromatic rings. The van der Waals surface area contributed by atoms with Crippen LogP contribution in [0.3, 0.4) is 0 Å². The standard InChI is InChI=1S/C17H22N4O3/c1-3-23-13-7-6-10-21(11-13)17(22)18-15-9-5-4-8-14(15)16-20-19-12(2)24-16/h4-5,8-9,13H,3,6-7,10-11H2,1-2H3,(H,18,22)/t13-/m0/s1. The molecule has 0 spiro atoms. The van der Waals surface area contributed by atoms with Gasteiger partial charge in [-0.05, 0) is 31.9 Å². The van der Waals surface area contributed by atoms with Crippen molar-refractivity contribution in [3.8, 4) is 11.5 Å². The van der Waals surface area contributed by atoms with Gasteiger partial charge in [0.1, 0.15) is 0 Å². The van der Waals surface area contributed by atoms with Crippen molar-refractivity contribution < 1.29 is 13.9 Å². The second-order valence-electron chi connectivity index (χ2n) is 5.77. The zero-order chi connectivity index (χ0) is 16.9. The normalized spacial score (nSPS) is 17.8. The molecule has 7 heteroatoms. The van der Waals surface area contributed by atoms with E-state index in [0.29, 0.717) is 36.2 Å². The predicted octanol–water partition coefficient (Wildman–Crippen LogP) is 3.08. The van der Waals surface area contributed by atoms with Gasteiger partial charge in [-0.1, -0.05) is 12.1 Å². The Balaban J connectivity index is 1.73. The van der Waals surface area contributed by atoms with Gasteiger partial charge in [0.25, 0.3) is 0 Å². The topological polar surface area (TPSA) is 80.5 Å². The molecule has 0 unspecified atom stereocenters. The summed E-state index contributed by atoms with van der Waals surface area (Å²) in [5.41, 5.74) is 1.37. The van der Waals surface area contributed by atoms with E-state index in [4.69, 9.17) is 9.15 Å². The molecular formula is C17H22N4O3. The lowest BCUT2D eigenvalue weighted by Crippen LogP contribution is -2.45. The molecule has 1 saturated heterocycles. The summed E-state index contributed by atoms with van der Waals surface area (Å²) in [4.78, 5) is 14.4. The number of aryl methyl sites for hydroxylation is 1. The Morgan fingerprint density at radius 2 is 2.25 bits per heavy atom. The van der Waals surface area contributed by atoms with Crippen LogP contribution in [0.25, 0.3) is 11.5 Å². The van der Waals surface area contributed by atoms with E-state index < -0.39 is 0 Å². The lowest BCUT2D eigenvalue weighted by molar-refractivity contribution is 0.0181. The number of piperidine rings is 1. The molecule has 24 heavy (non-hydrogen) atoms. The Labute approximate surface area is 141 Å². The highest BCUT2D eigenvalue weighted by Crippen LogP contribution is 2.27. The number of amides is 2. The third kappa shape index (κ3) is 3.73. The zero-order valence-electron chi connectivity index (χ0n) is 14.0. The number of para-hydroxylation sites is 1. The number of carbonyl (C=O) groups is 1. The smallest absolute Gasteiger partial charge is 0.321 e. The van der Waals surface area contributed by atoms with Gasteiger partial charge >= 0.3 is 6.03 Å². The van der Waals surface area contributed by atoms with Crippen LogP contribution in [0.15, 0.2) is 28.7 Å². The number of nitrogens with zero attached hydrogens (tertiary/aromatic N) is 3. The lowest BCUT2D eigenvalue weighted by atomic mass is 10.1. The van der Waals surface area contributed by atoms with Gasteiger partial charge in [0.05, 0.1) is 17.4 Å². The molecule has 1 aliphatic heterocycles. The molecule has 2 amide bonds. The van der Waals surface area contributed by atoms with Crippen LogP contribution in [-0.4, -0.2) is 46.9 Å². The molecule has 1 N–H and O–H groups in total. The number of hydrogen-bond donors (Lipinski definition) is 1. The van der Waals surface area contributed by atoms with Crippen LogP contribution in [0.1, 0.15) is 25.7 Å². The Kier molecular flexibility index (Phi) is 5.10. The molecule has 0 aliphatic carbocycles. The third-order valence-corrected chi connectivity index (χ3v) is 3.99. The van der Waals surface area contributed by atoms with E-state index in [0.717, 1.165) is 19.4 Å². The fourth-order valence-corrected chi connectivity index (χ4v) is 2.87. The molecule has 2 heterocycles. The van der Waals surface area contributed by atoms with Gasteiger partial charge in [-0.25, -0.2) is 4.79 Å². The van der Waals surface area contributed by atoms with Gasteiger partial charge in [0.15, 0.2) is 0 Å². The third-order valence-electron chi connectivity index (χ3n) is 3.99. The maximum atomic E-state index is 12.6. The number of ether oxygens (including phenoxy) is 1. The van der Waals surface area contributed by atoms with Crippen LogP contribution < -0.4 is 5.32 Å². The van der Waals surface area contributed by atoms with E-state index in [9.17, 15) is 4.79 Å². The van der Waals surface area contributed by atoms with Crippen LogP contribution in [0.2, 0.25) is 0 Å². The van der Waals surface area contributed by atoms with Crippen LogP contribution >= 0.6 is 0 Å². The minimum atomic E-state index is -0.136. The van der Waals surface area contributed by atoms with E-state index in [1.807, 2.05) is 31.2 Å². The maximum Gasteiger partial charge on any atom is 0.321 e. The largest absolute Gasteiger partial charge is 0.421 e. The summed E-state index contributed by atoms with van der Waals surface area (Å²) < 4.78 is 11.1. The van der Waals surface area contributed by atoms with Gasteiger partial charge in [-0.3, -0.25) is 0 Å². The maximum absolute atomic E-state index is 12.6. The summed E-state index contributed by atoms with van der Waals surface area (Å²) in [6, 6.07) is 7.28. The summed E-state index contributed by atoms with van der Waals surface area (Å²) in [6.07, 6.45) is 2.06. The second-order valence-corrected chi connectivity index (χ2v) is 5.77. The van der Waals surface area contributed by atoms with Crippen LogP contribution in [-0.2, 0) is 4.74 Å². The minimum absolute atomic E-state index is 0.114. The number of nitrogens with one attached hydrogen (secondary N) is 1. The Morgan fingerprint density at radius 1 is 1.42 bits per heavy atom. The minimum Gasteiger partial charge on any atom is -0.421 e. The quantitative estimate of drug-likeness (QED) is 0.932. The van der Waals surface area contributed by atoms with Crippen molar-refractivity contribution in [1.29, 1.82) is 0 Å². The van der Waals surface area contributed by atoms with E-state index in [1.54, 1.807) is 11.8 Å². The number of hydrogen-bond acceptors (Lipinski definition) is 5. The van der Waals surface area contributed by atoms with Gasteiger partial charge in [-0.2, -0.15) is 0 Å². The van der Waals surface area contributed by atoms with Crippen molar-refractivity contribution in [3.63, 3.8) is 0 Å². The molecule has 1 fully saturated rings. The first-order valence-corrected chi connectivity index (χ1v) is 8.24. The van der Waals surface area contributed by atoms with E-state index in [-0.39, 0.29) is 12.1 Å². The van der Waals surface area contributed by atoms with Crippen LogP contribution in [0.5, 0.6) is 0 Å². The van der Waals surface area contributed by atoms with Crippen molar-refractivity contribution in [2.75, 3.05) is 25.0 Å². The van der Waals surface area contributed by atoms with Gasteiger partial charge in [-0.15, -0.1) is 10.2 Å². The van der Waals surface area contributed by atoms with Crippen molar-refractivity contribution in [1.82, 2.24) is 15.1 Å². The summed E-state index contributed by atoms with van der Waals surface area (Å²) in [5, 5.41) is 10.8. The van der Waals surface area contributed by atoms with Crippen molar-refractivity contribution in [3.05, 3.63) is 30.2 Å². The number of rotatable bonds is 4. The second kappa shape index (κ2) is 7.44. The number of likely N-dealkylation sites (tertiary alicyclic amines) is 1. The molecule has 0 bridgehead atoms. The molecule has 1 aliphatic rings. The van der Waals surface area contributed by atoms with Crippen LogP contribution in [0, 0.1) is 6.92 Å². The summed E-state index contributed by atoms with van der Waals surface area (Å²) >= 11 is 0. The molecule has 128 valence electrons. The molecule has 1 aromatic carbocycles. The average Bonchev–Trinajstić information content (AvgIpc) is 3.02. The van der Waals surface area contributed by atoms with E-state index >= 15 is 0 Å². The van der Waals surface area contributed by atoms with Gasteiger partial charge in [0, 0.05) is 26.6 Å². The summed E-state index contributed by atoms with van der Waals surface area (Å²) in [5.74, 6) is 0.885. The molecule has 7 nitrogen and oxygen atoms in total. The van der Waals surface area contributed by atoms with Gasteiger partial charge < -0.3 is 19.4 Å². The highest BCUT2D eigenvalue weighted by Gasteiger charge is 2.24. The number of benzene rings is 1. The fraction of sp³-hybridized carbons (Fsp3) is 0.471. The first-order valence-electron chi connectivity index (χ1n) is 8.24. The average molecular weight is 330 g/mol. The summed E-state index contributed by atoms with van der Waals surface area (Å²) in [7, 11) is 0. The zero-order valence-corrected chi connectivity index (χ0v) is 14.0. The number of aromatic nitrogens is 2. The first kappa shape index (κ1) is 16.4.